The van der Waals surface area contributed by atoms with Gasteiger partial charge in [0, 0.05) is 55.9 Å². The fraction of sp³-hybridized carbons (Fsp3) is 0.964. The van der Waals surface area contributed by atoms with E-state index in [1.165, 1.54) is 58.3 Å². The Kier molecular flexibility index (Phi) is 21.5. The first kappa shape index (κ1) is 77.4. The van der Waals surface area contributed by atoms with Gasteiger partial charge in [-0.1, -0.05) is 69.2 Å². The maximum absolute atomic E-state index is 12.7. The smallest absolute Gasteiger partial charge is 0.325 e. The highest BCUT2D eigenvalue weighted by Crippen LogP contribution is 2.72. The van der Waals surface area contributed by atoms with Gasteiger partial charge in [0.25, 0.3) is 0 Å². The van der Waals surface area contributed by atoms with Crippen molar-refractivity contribution in [3.63, 3.8) is 0 Å². The van der Waals surface area contributed by atoms with Crippen LogP contribution in [-0.4, -0.2) is 133 Å². The Morgan fingerprint density at radius 1 is 0.519 bits per heavy atom. The molecule has 0 aromatic heterocycles. The van der Waals surface area contributed by atoms with Crippen molar-refractivity contribution in [3.8, 4) is 0 Å². The number of carbonyl (C=O) groups is 3. The van der Waals surface area contributed by atoms with E-state index in [1.54, 1.807) is 0 Å². The first-order valence-electron chi connectivity index (χ1n) is 42.2. The predicted molar refractivity (Wildman–Crippen MR) is 387 cm³/mol. The van der Waals surface area contributed by atoms with Crippen LogP contribution in [-0.2, 0) is 73.4 Å². The number of carbonyl (C=O) groups excluding carboxylic acids is 2. The molecule has 6 N–H and O–H groups in total. The molecule has 18 aliphatic rings. The van der Waals surface area contributed by atoms with Gasteiger partial charge < -0.3 is 58.9 Å². The average Bonchev–Trinajstić information content (AvgIpc) is 1.35. The third-order valence-corrected chi connectivity index (χ3v) is 35.2. The maximum Gasteiger partial charge on any atom is 0.325 e. The molecule has 18 fully saturated rings. The van der Waals surface area contributed by atoms with E-state index in [9.17, 15) is 33.9 Å². The number of carboxylic acids is 1. The Balaban J connectivity index is 0.000000167. The highest BCUT2D eigenvalue weighted by atomic mass is 32.2. The minimum Gasteiger partial charge on any atom is -0.480 e. The van der Waals surface area contributed by atoms with Crippen molar-refractivity contribution in [2.24, 2.45) is 140 Å². The number of aliphatic hydroxyl groups is 2. The number of carboxylic acid groups (broad SMARTS) is 1. The van der Waals surface area contributed by atoms with Crippen molar-refractivity contribution in [2.75, 3.05) is 12.3 Å². The first-order valence-corrected chi connectivity index (χ1v) is 43.5. The van der Waals surface area contributed by atoms with E-state index in [2.05, 4.69) is 79.9 Å². The summed E-state index contributed by atoms with van der Waals surface area (Å²) in [5.41, 5.74) is -0.482. The van der Waals surface area contributed by atoms with E-state index in [0.29, 0.717) is 108 Å². The fourth-order valence-electron chi connectivity index (χ4n) is 28.9. The van der Waals surface area contributed by atoms with Crippen LogP contribution in [0.3, 0.4) is 0 Å². The van der Waals surface area contributed by atoms with Gasteiger partial charge in [-0.05, 0) is 291 Å². The largest absolute Gasteiger partial charge is 0.480 e. The SMILES string of the molecule is CC(NC(=O)CC[C@@H](C)[C@H]1CCC2C3C(CC[C@@]21C)[C@@]1(C)CC[C@@H](O)CC1C[C@@H]3OC1OC2O[C@]3(C)CCC4[C@H](C)CCC([C@H]1C)[C@@]24OO3)C(=O)O.C[C@H]1C(O[C@@H]2CC[C@@]3(C)C(C2)C[C@H](O)C2C3CC[C@@]3(C)C2CC[C@@H]3[C@H](C)CCC(=O)NCCS(=O)O)OC2O[C@]3(C)CCC4[C@H](C)CCC1[C@@]24OO3. The molecular formula is C83H134N2O18S. The van der Waals surface area contributed by atoms with Gasteiger partial charge in [-0.25, -0.2) is 23.8 Å². The second-order valence-electron chi connectivity index (χ2n) is 39.7. The zero-order valence-electron chi connectivity index (χ0n) is 65.4. The number of hydrogen-bond acceptors (Lipinski definition) is 16. The summed E-state index contributed by atoms with van der Waals surface area (Å²) in [6.07, 6.45) is 25.4. The zero-order chi connectivity index (χ0) is 73.8. The van der Waals surface area contributed by atoms with Crippen LogP contribution in [0, 0.1) is 140 Å². The summed E-state index contributed by atoms with van der Waals surface area (Å²) in [5, 5.41) is 37.7. The van der Waals surface area contributed by atoms with Crippen molar-refractivity contribution in [1.29, 1.82) is 0 Å². The van der Waals surface area contributed by atoms with Crippen molar-refractivity contribution >= 4 is 28.9 Å². The number of nitrogens with one attached hydrogen (secondary N) is 2. The number of fused-ring (bicyclic) bond motifs is 14. The van der Waals surface area contributed by atoms with E-state index in [4.69, 9.17) is 52.5 Å². The second-order valence-corrected chi connectivity index (χ2v) is 40.8. The van der Waals surface area contributed by atoms with Crippen LogP contribution in [0.15, 0.2) is 0 Å². The fourth-order valence-corrected chi connectivity index (χ4v) is 29.1. The summed E-state index contributed by atoms with van der Waals surface area (Å²) in [6.45, 7) is 29.7. The number of hydrogen-bond donors (Lipinski definition) is 6. The summed E-state index contributed by atoms with van der Waals surface area (Å²) in [4.78, 5) is 61.4. The number of aliphatic hydroxyl groups excluding tert-OH is 2. The van der Waals surface area contributed by atoms with Crippen LogP contribution in [0.2, 0.25) is 0 Å². The molecule has 18 unspecified atom stereocenters. The molecule has 0 aromatic rings. The molecule has 20 nitrogen and oxygen atoms in total. The molecule has 2 spiro atoms. The molecule has 590 valence electrons. The van der Waals surface area contributed by atoms with Crippen molar-refractivity contribution in [3.05, 3.63) is 0 Å². The Hall–Kier alpha value is -1.96. The molecular weight excluding hydrogens is 1340 g/mol. The van der Waals surface area contributed by atoms with Gasteiger partial charge in [-0.15, -0.1) is 0 Å². The lowest BCUT2D eigenvalue weighted by Crippen LogP contribution is -2.71. The highest BCUT2D eigenvalue weighted by Gasteiger charge is 2.73. The number of aliphatic carboxylic acids is 1. The number of ether oxygens (including phenoxy) is 6. The Labute approximate surface area is 623 Å². The average molecular weight is 1480 g/mol. The molecule has 10 aliphatic carbocycles. The highest BCUT2D eigenvalue weighted by molar-refractivity contribution is 7.79. The molecule has 38 atom stereocenters. The Morgan fingerprint density at radius 3 is 1.54 bits per heavy atom. The summed E-state index contributed by atoms with van der Waals surface area (Å²) < 4.78 is 61.7. The topological polar surface area (TPSA) is 266 Å². The molecule has 2 amide bonds. The van der Waals surface area contributed by atoms with E-state index < -0.39 is 64.7 Å². The van der Waals surface area contributed by atoms with Crippen molar-refractivity contribution in [1.82, 2.24) is 10.6 Å². The van der Waals surface area contributed by atoms with E-state index in [1.807, 2.05) is 13.8 Å². The predicted octanol–water partition coefficient (Wildman–Crippen LogP) is 14.2. The summed E-state index contributed by atoms with van der Waals surface area (Å²) >= 11 is -1.89. The number of rotatable bonds is 17. The normalized spacial score (nSPS) is 53.4. The van der Waals surface area contributed by atoms with Gasteiger partial charge >= 0.3 is 5.97 Å². The van der Waals surface area contributed by atoms with Crippen LogP contribution in [0.1, 0.15) is 270 Å². The molecule has 8 saturated heterocycles. The van der Waals surface area contributed by atoms with Gasteiger partial charge in [0.05, 0.1) is 30.2 Å². The summed E-state index contributed by atoms with van der Waals surface area (Å²) in [7, 11) is 0. The second kappa shape index (κ2) is 28.9. The van der Waals surface area contributed by atoms with E-state index in [-0.39, 0.29) is 100 Å². The molecule has 8 aliphatic heterocycles. The van der Waals surface area contributed by atoms with Gasteiger partial charge in [0.2, 0.25) is 23.4 Å². The molecule has 10 saturated carbocycles. The van der Waals surface area contributed by atoms with Crippen molar-refractivity contribution in [2.45, 2.75) is 348 Å². The van der Waals surface area contributed by atoms with Crippen molar-refractivity contribution < 1.29 is 86.4 Å². The Bertz CT molecular complexity index is 3150. The quantitative estimate of drug-likeness (QED) is 0.0449. The lowest BCUT2D eigenvalue weighted by Gasteiger charge is -2.64. The molecule has 0 aromatic carbocycles. The minimum absolute atomic E-state index is 0.0321. The number of amides is 2. The van der Waals surface area contributed by atoms with E-state index >= 15 is 0 Å². The van der Waals surface area contributed by atoms with Gasteiger partial charge in [0.15, 0.2) is 47.4 Å². The minimum atomic E-state index is -1.89. The molecule has 21 heteroatoms. The van der Waals surface area contributed by atoms with Gasteiger partial charge in [0.1, 0.15) is 6.04 Å². The Morgan fingerprint density at radius 2 is 0.990 bits per heavy atom. The molecule has 104 heavy (non-hydrogen) atoms. The van der Waals surface area contributed by atoms with Gasteiger partial charge in [-0.2, -0.15) is 0 Å². The summed E-state index contributed by atoms with van der Waals surface area (Å²) in [6, 6.07) is -0.876. The van der Waals surface area contributed by atoms with Gasteiger partial charge in [-0.3, -0.25) is 14.4 Å². The first-order chi connectivity index (χ1) is 49.3. The van der Waals surface area contributed by atoms with Crippen LogP contribution in [0.4, 0.5) is 0 Å². The molecule has 8 heterocycles. The zero-order valence-corrected chi connectivity index (χ0v) is 66.2. The summed E-state index contributed by atoms with van der Waals surface area (Å²) in [5.74, 6) is 5.18. The monoisotopic (exact) mass is 1480 g/mol. The molecule has 4 bridgehead atoms. The van der Waals surface area contributed by atoms with E-state index in [0.717, 1.165) is 116 Å². The lowest BCUT2D eigenvalue weighted by molar-refractivity contribution is -0.578. The van der Waals surface area contributed by atoms with Crippen LogP contribution in [0.25, 0.3) is 0 Å². The molecule has 18 rings (SSSR count). The standard InChI is InChI=1S/C42H67NO9.C41H67NO9S/c1-22(9-13-34(45)43-25(4)36(46)47)28-11-12-31-35-32(15-18-40(28,31)6)39(5)17-14-27(44)20-26(39)21-33(35)48-37-24(3)30-10-8-23(2)29-16-19-41(7)50-38(49-37)42(29,30)52-51-41;1-23(8-12-34(44)42-19-20-52(45)46)28-10-11-31-35-32(14-17-39(28,31)5)38(4)16-13-27(21-26(38)22-33(35)43)47-36-25(3)30-9-7-24(2)29-15-18-40(6)49-37(48-36)41(29,30)51-50-40/h22-33,35,37-38,44H,8-21H2,1-7H3,(H,43,45)(H,46,47);23-33,35-37,43H,7-22H2,1-6H3,(H,42,44)(H,45,46)/t22-,23-,24-,25?,26?,27-,28-,29?,30?,31?,32?,33+,35?,37?,38?,39+,40-,41+,42-;23-,24-,25-,26?,27-,28-,29?,30?,31?,32?,33+,35?,36?,37?,38+,39-,40+,41-/m11/s1. The lowest BCUT2D eigenvalue weighted by atomic mass is 9.43. The van der Waals surface area contributed by atoms with Crippen LogP contribution in [0.5, 0.6) is 0 Å². The maximum atomic E-state index is 12.7. The van der Waals surface area contributed by atoms with Crippen LogP contribution < -0.4 is 10.6 Å². The third kappa shape index (κ3) is 13.1. The third-order valence-electron chi connectivity index (χ3n) is 34.6. The molecule has 0 radical (unpaired) electrons. The van der Waals surface area contributed by atoms with Crippen LogP contribution >= 0.6 is 0 Å².